The zero-order chi connectivity index (χ0) is 19.6. The molecule has 2 aromatic carbocycles. The van der Waals surface area contributed by atoms with Crippen molar-refractivity contribution in [2.45, 2.75) is 0 Å². The molecule has 0 fully saturated rings. The minimum absolute atomic E-state index is 0.0906. The number of phenols is 2. The minimum atomic E-state index is -1.22. The van der Waals surface area contributed by atoms with E-state index in [1.165, 1.54) is 20.3 Å². The average Bonchev–Trinajstić information content (AvgIpc) is 2.67. The smallest absolute Gasteiger partial charge is 0.339 e. The van der Waals surface area contributed by atoms with E-state index >= 15 is 0 Å². The number of ether oxygens (including phenoxy) is 2. The molecule has 0 aliphatic heterocycles. The molecule has 0 saturated carbocycles. The van der Waals surface area contributed by atoms with Crippen LogP contribution < -0.4 is 9.47 Å². The molecule has 3 rings (SSSR count). The normalized spacial score (nSPS) is 11.0. The molecule has 0 aliphatic rings. The lowest BCUT2D eigenvalue weighted by Crippen LogP contribution is -1.97. The first-order valence-electron chi connectivity index (χ1n) is 7.93. The highest BCUT2D eigenvalue weighted by Gasteiger charge is 2.14. The summed E-state index contributed by atoms with van der Waals surface area (Å²) in [6, 6.07) is 9.69. The van der Waals surface area contributed by atoms with Gasteiger partial charge in [0.25, 0.3) is 0 Å². The highest BCUT2D eigenvalue weighted by Crippen LogP contribution is 2.37. The number of carbonyl (C=O) groups is 1. The number of fused-ring (bicyclic) bond motifs is 1. The van der Waals surface area contributed by atoms with E-state index in [0.29, 0.717) is 16.6 Å². The SMILES string of the molecule is COc1cc(/C=C/c2ccc3ccc(C(=O)O)c(O)c3n2)cc(OC)c1O. The molecule has 0 aliphatic carbocycles. The molecule has 3 aromatic rings. The maximum absolute atomic E-state index is 11.2. The fourth-order valence-corrected chi connectivity index (χ4v) is 2.65. The first kappa shape index (κ1) is 18.1. The molecule has 138 valence electrons. The number of nitrogens with zero attached hydrogens (tertiary/aromatic N) is 1. The summed E-state index contributed by atoms with van der Waals surface area (Å²) in [7, 11) is 2.88. The fourth-order valence-electron chi connectivity index (χ4n) is 2.65. The molecule has 27 heavy (non-hydrogen) atoms. The second-order valence-corrected chi connectivity index (χ2v) is 5.68. The predicted octanol–water partition coefficient (Wildman–Crippen LogP) is 3.53. The molecular weight excluding hydrogens is 350 g/mol. The molecular formula is C20H17NO6. The molecule has 7 nitrogen and oxygen atoms in total. The third kappa shape index (κ3) is 3.48. The molecule has 1 heterocycles. The molecule has 0 bridgehead atoms. The van der Waals surface area contributed by atoms with Crippen LogP contribution in [0, 0.1) is 0 Å². The summed E-state index contributed by atoms with van der Waals surface area (Å²) in [6.45, 7) is 0. The number of aromatic nitrogens is 1. The first-order valence-corrected chi connectivity index (χ1v) is 7.93. The van der Waals surface area contributed by atoms with Gasteiger partial charge in [-0.1, -0.05) is 18.2 Å². The van der Waals surface area contributed by atoms with Crippen molar-refractivity contribution >= 4 is 29.0 Å². The van der Waals surface area contributed by atoms with E-state index in [-0.39, 0.29) is 34.1 Å². The van der Waals surface area contributed by atoms with Gasteiger partial charge in [0, 0.05) is 5.39 Å². The number of carboxylic acid groups (broad SMARTS) is 1. The second-order valence-electron chi connectivity index (χ2n) is 5.68. The summed E-state index contributed by atoms with van der Waals surface area (Å²) in [4.78, 5) is 15.5. The van der Waals surface area contributed by atoms with E-state index in [4.69, 9.17) is 14.6 Å². The Hall–Kier alpha value is -3.74. The number of hydrogen-bond acceptors (Lipinski definition) is 6. The van der Waals surface area contributed by atoms with E-state index in [0.717, 1.165) is 0 Å². The Balaban J connectivity index is 2.01. The van der Waals surface area contributed by atoms with Gasteiger partial charge in [0.05, 0.1) is 19.9 Å². The van der Waals surface area contributed by atoms with Crippen LogP contribution in [0.1, 0.15) is 21.6 Å². The zero-order valence-electron chi connectivity index (χ0n) is 14.6. The van der Waals surface area contributed by atoms with Gasteiger partial charge < -0.3 is 24.8 Å². The van der Waals surface area contributed by atoms with Crippen LogP contribution in [0.5, 0.6) is 23.0 Å². The van der Waals surface area contributed by atoms with Crippen molar-refractivity contribution in [1.29, 1.82) is 0 Å². The molecule has 0 unspecified atom stereocenters. The van der Waals surface area contributed by atoms with Crippen molar-refractivity contribution in [3.8, 4) is 23.0 Å². The Morgan fingerprint density at radius 3 is 2.19 bits per heavy atom. The molecule has 0 spiro atoms. The summed E-state index contributed by atoms with van der Waals surface area (Å²) in [5.41, 5.74) is 1.22. The highest BCUT2D eigenvalue weighted by molar-refractivity contribution is 5.99. The van der Waals surface area contributed by atoms with E-state index in [1.54, 1.807) is 42.5 Å². The molecule has 1 aromatic heterocycles. The summed E-state index contributed by atoms with van der Waals surface area (Å²) in [5.74, 6) is -1.15. The van der Waals surface area contributed by atoms with Gasteiger partial charge in [0.15, 0.2) is 17.2 Å². The van der Waals surface area contributed by atoms with Crippen LogP contribution in [0.15, 0.2) is 36.4 Å². The van der Waals surface area contributed by atoms with Crippen LogP contribution in [-0.4, -0.2) is 40.5 Å². The number of pyridine rings is 1. The number of methoxy groups -OCH3 is 2. The number of aromatic hydroxyl groups is 2. The Labute approximate surface area is 154 Å². The van der Waals surface area contributed by atoms with Gasteiger partial charge in [-0.15, -0.1) is 0 Å². The van der Waals surface area contributed by atoms with Crippen molar-refractivity contribution in [2.75, 3.05) is 14.2 Å². The van der Waals surface area contributed by atoms with E-state index in [9.17, 15) is 15.0 Å². The Kier molecular flexibility index (Phi) is 4.85. The van der Waals surface area contributed by atoms with Crippen molar-refractivity contribution in [2.24, 2.45) is 0 Å². The van der Waals surface area contributed by atoms with Gasteiger partial charge in [-0.25, -0.2) is 9.78 Å². The van der Waals surface area contributed by atoms with Gasteiger partial charge in [-0.2, -0.15) is 0 Å². The lowest BCUT2D eigenvalue weighted by molar-refractivity contribution is 0.0694. The number of rotatable bonds is 5. The molecule has 7 heteroatoms. The van der Waals surface area contributed by atoms with Crippen LogP contribution >= 0.6 is 0 Å². The van der Waals surface area contributed by atoms with Crippen LogP contribution in [-0.2, 0) is 0 Å². The third-order valence-corrected chi connectivity index (χ3v) is 4.04. The van der Waals surface area contributed by atoms with Crippen molar-refractivity contribution < 1.29 is 29.6 Å². The zero-order valence-corrected chi connectivity index (χ0v) is 14.6. The lowest BCUT2D eigenvalue weighted by atomic mass is 10.1. The fraction of sp³-hybridized carbons (Fsp3) is 0.100. The molecule has 0 radical (unpaired) electrons. The van der Waals surface area contributed by atoms with Crippen LogP contribution in [0.2, 0.25) is 0 Å². The number of benzene rings is 2. The van der Waals surface area contributed by atoms with E-state index in [1.807, 2.05) is 0 Å². The summed E-state index contributed by atoms with van der Waals surface area (Å²) < 4.78 is 10.2. The van der Waals surface area contributed by atoms with Crippen LogP contribution in [0.4, 0.5) is 0 Å². The standard InChI is InChI=1S/C20H17NO6/c1-26-15-9-11(10-16(27-2)19(15)23)3-6-13-7-4-12-5-8-14(20(24)25)18(22)17(12)21-13/h3-10,22-23H,1-2H3,(H,24,25)/b6-3+. The monoisotopic (exact) mass is 367 g/mol. The average molecular weight is 367 g/mol. The lowest BCUT2D eigenvalue weighted by Gasteiger charge is -2.09. The van der Waals surface area contributed by atoms with Gasteiger partial charge in [0.2, 0.25) is 5.75 Å². The first-order chi connectivity index (χ1) is 12.9. The third-order valence-electron chi connectivity index (χ3n) is 4.04. The van der Waals surface area contributed by atoms with Crippen molar-refractivity contribution in [3.63, 3.8) is 0 Å². The summed E-state index contributed by atoms with van der Waals surface area (Å²) >= 11 is 0. The van der Waals surface area contributed by atoms with E-state index < -0.39 is 5.97 Å². The molecule has 0 atom stereocenters. The largest absolute Gasteiger partial charge is 0.505 e. The summed E-state index contributed by atoms with van der Waals surface area (Å²) in [6.07, 6.45) is 3.42. The highest BCUT2D eigenvalue weighted by atomic mass is 16.5. The van der Waals surface area contributed by atoms with Gasteiger partial charge in [-0.3, -0.25) is 0 Å². The Bertz CT molecular complexity index is 1030. The van der Waals surface area contributed by atoms with Crippen LogP contribution in [0.3, 0.4) is 0 Å². The van der Waals surface area contributed by atoms with Gasteiger partial charge in [-0.05, 0) is 35.9 Å². The summed E-state index contributed by atoms with van der Waals surface area (Å²) in [5, 5.41) is 29.9. The predicted molar refractivity (Wildman–Crippen MR) is 101 cm³/mol. The Morgan fingerprint density at radius 1 is 0.963 bits per heavy atom. The molecule has 3 N–H and O–H groups in total. The number of hydrogen-bond donors (Lipinski definition) is 3. The van der Waals surface area contributed by atoms with Crippen molar-refractivity contribution in [3.05, 3.63) is 53.2 Å². The molecule has 0 saturated heterocycles. The topological polar surface area (TPSA) is 109 Å². The maximum Gasteiger partial charge on any atom is 0.339 e. The van der Waals surface area contributed by atoms with E-state index in [2.05, 4.69) is 4.98 Å². The van der Waals surface area contributed by atoms with Crippen molar-refractivity contribution in [1.82, 2.24) is 4.98 Å². The number of aromatic carboxylic acids is 1. The number of phenolic OH excluding ortho intramolecular Hbond substituents is 1. The van der Waals surface area contributed by atoms with Gasteiger partial charge >= 0.3 is 5.97 Å². The second kappa shape index (κ2) is 7.25. The van der Waals surface area contributed by atoms with Crippen LogP contribution in [0.25, 0.3) is 23.1 Å². The maximum atomic E-state index is 11.2. The van der Waals surface area contributed by atoms with Gasteiger partial charge in [0.1, 0.15) is 11.1 Å². The minimum Gasteiger partial charge on any atom is -0.505 e. The number of carboxylic acids is 1. The molecule has 0 amide bonds. The Morgan fingerprint density at radius 2 is 1.59 bits per heavy atom. The quantitative estimate of drug-likeness (QED) is 0.633.